The number of benzene rings is 1. The quantitative estimate of drug-likeness (QED) is 0.421. The summed E-state index contributed by atoms with van der Waals surface area (Å²) in [5, 5.41) is 7.61. The van der Waals surface area contributed by atoms with Crippen LogP contribution in [0, 0.1) is 0 Å². The molecule has 1 amide bonds. The van der Waals surface area contributed by atoms with Crippen molar-refractivity contribution in [3.05, 3.63) is 55.2 Å². The van der Waals surface area contributed by atoms with Crippen LogP contribution in [0.1, 0.15) is 33.6 Å². The van der Waals surface area contributed by atoms with E-state index in [0.717, 1.165) is 29.8 Å². The molecule has 1 unspecified atom stereocenters. The number of carbonyl (C=O) groups is 1. The topological polar surface area (TPSA) is 98.8 Å². The van der Waals surface area contributed by atoms with Gasteiger partial charge in [-0.3, -0.25) is 9.08 Å². The van der Waals surface area contributed by atoms with E-state index in [9.17, 15) is 4.79 Å². The van der Waals surface area contributed by atoms with Crippen LogP contribution in [0.25, 0.3) is 16.9 Å². The Hall–Kier alpha value is -4.08. The van der Waals surface area contributed by atoms with E-state index >= 15 is 0 Å². The number of carbonyl (C=O) groups excluding carboxylic acids is 1. The van der Waals surface area contributed by atoms with Crippen molar-refractivity contribution in [2.24, 2.45) is 7.05 Å². The Morgan fingerprint density at radius 2 is 2.08 bits per heavy atom. The Labute approximate surface area is 209 Å². The third kappa shape index (κ3) is 5.12. The number of rotatable bonds is 6. The average Bonchev–Trinajstić information content (AvgIpc) is 3.56. The minimum Gasteiger partial charge on any atom is -0.491 e. The first kappa shape index (κ1) is 23.7. The molecule has 5 rings (SSSR count). The molecular weight excluding hydrogens is 458 g/mol. The highest BCUT2D eigenvalue weighted by Gasteiger charge is 2.32. The Kier molecular flexibility index (Phi) is 6.26. The number of aromatic nitrogens is 5. The van der Waals surface area contributed by atoms with Gasteiger partial charge in [0.25, 0.3) is 0 Å². The maximum absolute atomic E-state index is 12.6. The van der Waals surface area contributed by atoms with E-state index in [1.165, 1.54) is 0 Å². The number of nitrogens with zero attached hydrogens (tertiary/aromatic N) is 6. The van der Waals surface area contributed by atoms with Gasteiger partial charge in [-0.15, -0.1) is 0 Å². The molecule has 36 heavy (non-hydrogen) atoms. The number of hydrogen-bond donors (Lipinski definition) is 1. The normalized spacial score (nSPS) is 15.9. The van der Waals surface area contributed by atoms with Gasteiger partial charge < -0.3 is 19.7 Å². The van der Waals surface area contributed by atoms with Crippen LogP contribution in [0.2, 0.25) is 0 Å². The number of aryl methyl sites for hydroxylation is 1. The number of fused-ring (bicyclic) bond motifs is 1. The van der Waals surface area contributed by atoms with Crippen molar-refractivity contribution in [3.63, 3.8) is 0 Å². The Balaban J connectivity index is 1.28. The zero-order chi connectivity index (χ0) is 25.3. The van der Waals surface area contributed by atoms with E-state index < -0.39 is 5.60 Å². The molecule has 0 radical (unpaired) electrons. The molecule has 1 aromatic carbocycles. The smallest absolute Gasteiger partial charge is 0.410 e. The van der Waals surface area contributed by atoms with Gasteiger partial charge in [-0.25, -0.2) is 14.8 Å². The highest BCUT2D eigenvalue weighted by Crippen LogP contribution is 2.27. The van der Waals surface area contributed by atoms with Gasteiger partial charge in [-0.05, 0) is 45.7 Å². The molecule has 1 atom stereocenters. The first-order valence-corrected chi connectivity index (χ1v) is 12.1. The van der Waals surface area contributed by atoms with Crippen molar-refractivity contribution in [2.75, 3.05) is 18.5 Å². The molecule has 1 fully saturated rings. The number of imidazole rings is 1. The third-order valence-electron chi connectivity index (χ3n) is 5.97. The van der Waals surface area contributed by atoms with E-state index in [-0.39, 0.29) is 12.1 Å². The molecule has 1 aliphatic rings. The second-order valence-electron chi connectivity index (χ2n) is 9.95. The molecule has 10 nitrogen and oxygen atoms in total. The lowest BCUT2D eigenvalue weighted by molar-refractivity contribution is 0.0187. The number of ether oxygens (including phenoxy) is 2. The van der Waals surface area contributed by atoms with Crippen molar-refractivity contribution in [2.45, 2.75) is 45.3 Å². The summed E-state index contributed by atoms with van der Waals surface area (Å²) in [5.74, 6) is 1.35. The van der Waals surface area contributed by atoms with Crippen LogP contribution in [0.5, 0.6) is 5.75 Å². The molecule has 0 spiro atoms. The minimum atomic E-state index is -0.518. The fraction of sp³-hybridized carbons (Fsp3) is 0.385. The van der Waals surface area contributed by atoms with Crippen molar-refractivity contribution in [1.82, 2.24) is 29.0 Å². The Morgan fingerprint density at radius 3 is 2.86 bits per heavy atom. The SMILES string of the molecule is Cn1cc(-c2cnc3c(Nc4cccc(OCC5CCCN5C(=O)OC(C)(C)C)c4)nccn23)cn1. The molecule has 1 aliphatic heterocycles. The number of amides is 1. The molecular formula is C26H31N7O3. The largest absolute Gasteiger partial charge is 0.491 e. The van der Waals surface area contributed by atoms with Crippen molar-refractivity contribution in [3.8, 4) is 17.0 Å². The van der Waals surface area contributed by atoms with E-state index in [1.54, 1.807) is 15.8 Å². The van der Waals surface area contributed by atoms with E-state index in [1.807, 2.05) is 81.3 Å². The number of nitrogens with one attached hydrogen (secondary N) is 1. The highest BCUT2D eigenvalue weighted by molar-refractivity contribution is 5.74. The summed E-state index contributed by atoms with van der Waals surface area (Å²) in [6.07, 6.45) is 10.7. The number of anilines is 2. The summed E-state index contributed by atoms with van der Waals surface area (Å²) in [6, 6.07) is 7.68. The predicted molar refractivity (Wildman–Crippen MR) is 136 cm³/mol. The van der Waals surface area contributed by atoms with E-state index in [2.05, 4.69) is 20.4 Å². The van der Waals surface area contributed by atoms with Crippen LogP contribution in [0.15, 0.2) is 55.2 Å². The molecule has 4 heterocycles. The zero-order valence-corrected chi connectivity index (χ0v) is 21.0. The summed E-state index contributed by atoms with van der Waals surface area (Å²) < 4.78 is 15.4. The van der Waals surface area contributed by atoms with E-state index in [4.69, 9.17) is 9.47 Å². The van der Waals surface area contributed by atoms with Gasteiger partial charge in [-0.2, -0.15) is 5.10 Å². The summed E-state index contributed by atoms with van der Waals surface area (Å²) in [4.78, 5) is 23.4. The Bertz CT molecular complexity index is 1370. The standard InChI is InChI=1S/C26H31N7O3/c1-26(2,3)36-25(34)32-11-6-8-20(32)17-35-21-9-5-7-19(13-21)30-23-24-28-15-22(33(24)12-10-27-23)18-14-29-31(4)16-18/h5,7,9-10,12-16,20H,6,8,11,17H2,1-4H3,(H,27,30). The zero-order valence-electron chi connectivity index (χ0n) is 21.0. The van der Waals surface area contributed by atoms with E-state index in [0.29, 0.717) is 30.4 Å². The second kappa shape index (κ2) is 9.52. The lowest BCUT2D eigenvalue weighted by atomic mass is 10.2. The lowest BCUT2D eigenvalue weighted by Crippen LogP contribution is -2.42. The fourth-order valence-corrected chi connectivity index (χ4v) is 4.34. The van der Waals surface area contributed by atoms with Crippen LogP contribution >= 0.6 is 0 Å². The molecule has 3 aromatic heterocycles. The molecule has 4 aromatic rings. The van der Waals surface area contributed by atoms with Crippen molar-refractivity contribution >= 4 is 23.2 Å². The van der Waals surface area contributed by atoms with Crippen LogP contribution in [0.4, 0.5) is 16.3 Å². The van der Waals surface area contributed by atoms with Crippen LogP contribution in [-0.4, -0.2) is 59.9 Å². The highest BCUT2D eigenvalue weighted by atomic mass is 16.6. The maximum Gasteiger partial charge on any atom is 0.410 e. The second-order valence-corrected chi connectivity index (χ2v) is 9.95. The summed E-state index contributed by atoms with van der Waals surface area (Å²) in [6.45, 7) is 6.73. The summed E-state index contributed by atoms with van der Waals surface area (Å²) >= 11 is 0. The lowest BCUT2D eigenvalue weighted by Gasteiger charge is -2.28. The number of hydrogen-bond acceptors (Lipinski definition) is 7. The first-order chi connectivity index (χ1) is 17.3. The van der Waals surface area contributed by atoms with Crippen molar-refractivity contribution in [1.29, 1.82) is 0 Å². The maximum atomic E-state index is 12.6. The first-order valence-electron chi connectivity index (χ1n) is 12.1. The van der Waals surface area contributed by atoms with Crippen LogP contribution in [0.3, 0.4) is 0 Å². The summed E-state index contributed by atoms with van der Waals surface area (Å²) in [7, 11) is 1.89. The molecule has 188 valence electrons. The molecule has 0 aliphatic carbocycles. The van der Waals surface area contributed by atoms with Crippen LogP contribution < -0.4 is 10.1 Å². The molecule has 10 heteroatoms. The van der Waals surface area contributed by atoms with Gasteiger partial charge in [0.1, 0.15) is 18.0 Å². The predicted octanol–water partition coefficient (Wildman–Crippen LogP) is 4.65. The van der Waals surface area contributed by atoms with Gasteiger partial charge in [0.15, 0.2) is 11.5 Å². The summed E-state index contributed by atoms with van der Waals surface area (Å²) in [5.41, 5.74) is 2.93. The fourth-order valence-electron chi connectivity index (χ4n) is 4.34. The molecule has 1 saturated heterocycles. The molecule has 1 N–H and O–H groups in total. The number of likely N-dealkylation sites (tertiary alicyclic amines) is 1. The Morgan fingerprint density at radius 1 is 1.22 bits per heavy atom. The molecule has 0 saturated carbocycles. The minimum absolute atomic E-state index is 0.0114. The van der Waals surface area contributed by atoms with Gasteiger partial charge in [-0.1, -0.05) is 6.07 Å². The van der Waals surface area contributed by atoms with Gasteiger partial charge in [0.05, 0.1) is 24.1 Å². The van der Waals surface area contributed by atoms with Gasteiger partial charge in [0.2, 0.25) is 0 Å². The third-order valence-corrected chi connectivity index (χ3v) is 5.97. The monoisotopic (exact) mass is 489 g/mol. The van der Waals surface area contributed by atoms with Crippen LogP contribution in [-0.2, 0) is 11.8 Å². The average molecular weight is 490 g/mol. The van der Waals surface area contributed by atoms with Gasteiger partial charge in [0, 0.05) is 49.5 Å². The van der Waals surface area contributed by atoms with Gasteiger partial charge >= 0.3 is 6.09 Å². The van der Waals surface area contributed by atoms with Crippen molar-refractivity contribution < 1.29 is 14.3 Å². The molecule has 0 bridgehead atoms.